The predicted molar refractivity (Wildman–Crippen MR) is 39.2 cm³/mol. The minimum absolute atomic E-state index is 0. The van der Waals surface area contributed by atoms with Gasteiger partial charge in [0.2, 0.25) is 0 Å². The molecule has 0 aromatic carbocycles. The lowest BCUT2D eigenvalue weighted by Crippen LogP contribution is -2.07. The van der Waals surface area contributed by atoms with Gasteiger partial charge in [0, 0.05) is 6.26 Å². The molecule has 0 bridgehead atoms. The Morgan fingerprint density at radius 1 is 1.50 bits per heavy atom. The molecular formula is C4H9ClO4S. The summed E-state index contributed by atoms with van der Waals surface area (Å²) in [7, 11) is -3.10. The highest BCUT2D eigenvalue weighted by molar-refractivity contribution is 7.90. The number of hydrogen-bond acceptors (Lipinski definition) is 3. The standard InChI is InChI=1S/C4H8O4S.ClH/c1-9(7,8)3-2-4(5)6;/h2-3H2,1H3,(H,5,6);1H. The number of sulfone groups is 1. The Hall–Kier alpha value is -0.290. The molecule has 0 unspecified atom stereocenters. The Balaban J connectivity index is 0. The Kier molecular flexibility index (Phi) is 5.59. The van der Waals surface area contributed by atoms with Crippen molar-refractivity contribution in [3.63, 3.8) is 0 Å². The topological polar surface area (TPSA) is 71.4 Å². The maximum atomic E-state index is 10.3. The fourth-order valence-electron chi connectivity index (χ4n) is 0.273. The zero-order valence-electron chi connectivity index (χ0n) is 5.40. The van der Waals surface area contributed by atoms with Crippen LogP contribution in [0, 0.1) is 0 Å². The van der Waals surface area contributed by atoms with Crippen molar-refractivity contribution in [1.82, 2.24) is 0 Å². The Morgan fingerprint density at radius 2 is 1.90 bits per heavy atom. The molecule has 0 saturated heterocycles. The van der Waals surface area contributed by atoms with E-state index in [0.29, 0.717) is 0 Å². The number of carbonyl (C=O) groups is 1. The van der Waals surface area contributed by atoms with E-state index in [9.17, 15) is 13.2 Å². The van der Waals surface area contributed by atoms with E-state index in [4.69, 9.17) is 5.11 Å². The normalized spacial score (nSPS) is 10.1. The van der Waals surface area contributed by atoms with Gasteiger partial charge in [-0.1, -0.05) is 0 Å². The summed E-state index contributed by atoms with van der Waals surface area (Å²) in [5.41, 5.74) is 0. The fraction of sp³-hybridized carbons (Fsp3) is 0.750. The molecule has 0 fully saturated rings. The van der Waals surface area contributed by atoms with Gasteiger partial charge in [-0.25, -0.2) is 8.42 Å². The number of aliphatic carboxylic acids is 1. The Morgan fingerprint density at radius 3 is 2.00 bits per heavy atom. The number of carboxylic acid groups (broad SMARTS) is 1. The highest BCUT2D eigenvalue weighted by atomic mass is 35.5. The molecule has 10 heavy (non-hydrogen) atoms. The van der Waals surface area contributed by atoms with Crippen molar-refractivity contribution < 1.29 is 18.3 Å². The molecule has 0 amide bonds. The second-order valence-electron chi connectivity index (χ2n) is 1.77. The molecule has 1 N–H and O–H groups in total. The van der Waals surface area contributed by atoms with Gasteiger partial charge in [0.1, 0.15) is 9.84 Å². The van der Waals surface area contributed by atoms with Crippen LogP contribution in [0.4, 0.5) is 0 Å². The average Bonchev–Trinajstić information content (AvgIpc) is 1.59. The third kappa shape index (κ3) is 10.6. The van der Waals surface area contributed by atoms with Crippen LogP contribution in [0.1, 0.15) is 6.42 Å². The zero-order chi connectivity index (χ0) is 7.49. The van der Waals surface area contributed by atoms with Crippen LogP contribution in [0.3, 0.4) is 0 Å². The van der Waals surface area contributed by atoms with Crippen LogP contribution in [-0.2, 0) is 14.6 Å². The molecule has 6 heteroatoms. The molecule has 0 aromatic heterocycles. The smallest absolute Gasteiger partial charge is 0.304 e. The van der Waals surface area contributed by atoms with E-state index in [2.05, 4.69) is 0 Å². The molecule has 0 aliphatic rings. The van der Waals surface area contributed by atoms with Crippen molar-refractivity contribution in [3.8, 4) is 0 Å². The lowest BCUT2D eigenvalue weighted by atomic mass is 10.5. The minimum Gasteiger partial charge on any atom is -0.481 e. The van der Waals surface area contributed by atoms with E-state index < -0.39 is 15.8 Å². The molecule has 0 aliphatic carbocycles. The Labute approximate surface area is 65.6 Å². The first-order valence-electron chi connectivity index (χ1n) is 2.31. The largest absolute Gasteiger partial charge is 0.481 e. The summed E-state index contributed by atoms with van der Waals surface area (Å²) in [4.78, 5) is 9.78. The third-order valence-electron chi connectivity index (χ3n) is 0.687. The molecule has 4 nitrogen and oxygen atoms in total. The van der Waals surface area contributed by atoms with Crippen molar-refractivity contribution >= 4 is 28.2 Å². The fourth-order valence-corrected chi connectivity index (χ4v) is 0.818. The molecule has 0 radical (unpaired) electrons. The van der Waals surface area contributed by atoms with E-state index in [1.165, 1.54) is 0 Å². The van der Waals surface area contributed by atoms with Crippen molar-refractivity contribution in [3.05, 3.63) is 0 Å². The van der Waals surface area contributed by atoms with Gasteiger partial charge >= 0.3 is 5.97 Å². The lowest BCUT2D eigenvalue weighted by molar-refractivity contribution is -0.136. The Bertz CT molecular complexity index is 195. The van der Waals surface area contributed by atoms with Crippen LogP contribution in [0.2, 0.25) is 0 Å². The van der Waals surface area contributed by atoms with Crippen LogP contribution in [0.5, 0.6) is 0 Å². The molecule has 0 rings (SSSR count). The summed E-state index contributed by atoms with van der Waals surface area (Å²) in [6.07, 6.45) is 0.703. The molecule has 0 saturated carbocycles. The number of hydrogen-bond donors (Lipinski definition) is 1. The maximum Gasteiger partial charge on any atom is 0.304 e. The molecule has 0 atom stereocenters. The van der Waals surface area contributed by atoms with Gasteiger partial charge < -0.3 is 5.11 Å². The van der Waals surface area contributed by atoms with Crippen molar-refractivity contribution in [2.24, 2.45) is 0 Å². The molecule has 62 valence electrons. The van der Waals surface area contributed by atoms with Crippen LogP contribution in [0.15, 0.2) is 0 Å². The monoisotopic (exact) mass is 188 g/mol. The van der Waals surface area contributed by atoms with Crippen LogP contribution in [-0.4, -0.2) is 31.5 Å². The zero-order valence-corrected chi connectivity index (χ0v) is 7.04. The molecular weight excluding hydrogens is 180 g/mol. The molecule has 0 heterocycles. The summed E-state index contributed by atoms with van der Waals surface area (Å²) in [6.45, 7) is 0. The van der Waals surface area contributed by atoms with Gasteiger partial charge in [0.25, 0.3) is 0 Å². The highest BCUT2D eigenvalue weighted by Gasteiger charge is 2.04. The third-order valence-corrected chi connectivity index (χ3v) is 1.63. The van der Waals surface area contributed by atoms with Gasteiger partial charge in [-0.2, -0.15) is 0 Å². The van der Waals surface area contributed by atoms with E-state index in [1.807, 2.05) is 0 Å². The summed E-state index contributed by atoms with van der Waals surface area (Å²) >= 11 is 0. The second kappa shape index (κ2) is 4.51. The number of rotatable bonds is 3. The summed E-state index contributed by atoms with van der Waals surface area (Å²) in [5, 5.41) is 8.01. The van der Waals surface area contributed by atoms with Gasteiger partial charge in [-0.3, -0.25) is 4.79 Å². The maximum absolute atomic E-state index is 10.3. The summed E-state index contributed by atoms with van der Waals surface area (Å²) in [5.74, 6) is -1.36. The van der Waals surface area contributed by atoms with E-state index in [0.717, 1.165) is 6.26 Å². The number of carboxylic acids is 1. The van der Waals surface area contributed by atoms with E-state index >= 15 is 0 Å². The van der Waals surface area contributed by atoms with Gasteiger partial charge in [0.05, 0.1) is 12.2 Å². The summed E-state index contributed by atoms with van der Waals surface area (Å²) in [6, 6.07) is 0. The van der Waals surface area contributed by atoms with Gasteiger partial charge in [-0.05, 0) is 0 Å². The van der Waals surface area contributed by atoms with Crippen molar-refractivity contribution in [2.75, 3.05) is 12.0 Å². The SMILES string of the molecule is CS(=O)(=O)CCC(=O)O.Cl. The molecule has 0 aromatic rings. The average molecular weight is 189 g/mol. The van der Waals surface area contributed by atoms with E-state index in [-0.39, 0.29) is 24.6 Å². The predicted octanol–water partition coefficient (Wildman–Crippen LogP) is -0.0725. The van der Waals surface area contributed by atoms with Crippen molar-refractivity contribution in [1.29, 1.82) is 0 Å². The van der Waals surface area contributed by atoms with E-state index in [1.54, 1.807) is 0 Å². The quantitative estimate of drug-likeness (QED) is 0.673. The molecule has 0 aliphatic heterocycles. The minimum atomic E-state index is -3.10. The first kappa shape index (κ1) is 12.4. The second-order valence-corrected chi connectivity index (χ2v) is 4.03. The van der Waals surface area contributed by atoms with Crippen molar-refractivity contribution in [2.45, 2.75) is 6.42 Å². The lowest BCUT2D eigenvalue weighted by Gasteiger charge is -1.90. The summed E-state index contributed by atoms with van der Waals surface area (Å²) < 4.78 is 20.5. The van der Waals surface area contributed by atoms with Gasteiger partial charge in [0.15, 0.2) is 0 Å². The first-order valence-corrected chi connectivity index (χ1v) is 4.37. The van der Waals surface area contributed by atoms with Crippen LogP contribution >= 0.6 is 12.4 Å². The van der Waals surface area contributed by atoms with Crippen LogP contribution < -0.4 is 0 Å². The van der Waals surface area contributed by atoms with Gasteiger partial charge in [-0.15, -0.1) is 12.4 Å². The highest BCUT2D eigenvalue weighted by Crippen LogP contribution is 1.87. The molecule has 0 spiro atoms. The first-order chi connectivity index (χ1) is 3.92. The number of halogens is 1. The van der Waals surface area contributed by atoms with Crippen LogP contribution in [0.25, 0.3) is 0 Å².